The number of amides is 1. The monoisotopic (exact) mass is 438 g/mol. The van der Waals surface area contributed by atoms with Gasteiger partial charge in [-0.2, -0.15) is 0 Å². The second-order valence-electron chi connectivity index (χ2n) is 9.03. The average molecular weight is 438 g/mol. The summed E-state index contributed by atoms with van der Waals surface area (Å²) in [6.07, 6.45) is 8.60. The van der Waals surface area contributed by atoms with Crippen LogP contribution in [0.5, 0.6) is 0 Å². The molecule has 0 atom stereocenters. The summed E-state index contributed by atoms with van der Waals surface area (Å²) in [5.41, 5.74) is 6.16. The Morgan fingerprint density at radius 1 is 1.12 bits per heavy atom. The number of aromatic nitrogens is 3. The Labute approximate surface area is 190 Å². The molecule has 2 aliphatic carbocycles. The minimum Gasteiger partial charge on any atom is -0.451 e. The summed E-state index contributed by atoms with van der Waals surface area (Å²) in [6, 6.07) is 13.9. The summed E-state index contributed by atoms with van der Waals surface area (Å²) in [4.78, 5) is 37.4. The first kappa shape index (κ1) is 19.7. The highest BCUT2D eigenvalue weighted by Crippen LogP contribution is 2.55. The number of oxazole rings is 1. The fraction of sp³-hybridized carbons (Fsp3) is 0.231. The van der Waals surface area contributed by atoms with Gasteiger partial charge in [-0.25, -0.2) is 9.97 Å². The molecule has 1 amide bonds. The number of nitrogens with one attached hydrogen (secondary N) is 2. The molecule has 6 rings (SSSR count). The molecule has 0 radical (unpaired) electrons. The molecule has 1 spiro atoms. The summed E-state index contributed by atoms with van der Waals surface area (Å²) in [6.45, 7) is 0. The lowest BCUT2D eigenvalue weighted by atomic mass is 9.82. The van der Waals surface area contributed by atoms with Crippen molar-refractivity contribution < 1.29 is 14.0 Å². The van der Waals surface area contributed by atoms with Crippen LogP contribution in [0.3, 0.4) is 0 Å². The summed E-state index contributed by atoms with van der Waals surface area (Å²) >= 11 is 0. The third kappa shape index (κ3) is 3.65. The molecule has 7 nitrogen and oxygen atoms in total. The van der Waals surface area contributed by atoms with Gasteiger partial charge >= 0.3 is 0 Å². The summed E-state index contributed by atoms with van der Waals surface area (Å²) in [7, 11) is 0. The SMILES string of the molecule is O=C(Nc1cc(-c2[nH]c3c(c2Cc2ccccc2)C(=O)CC2(CC2)C3)ccn1)c1cocn1. The lowest BCUT2D eigenvalue weighted by Gasteiger charge is -2.21. The largest absolute Gasteiger partial charge is 0.451 e. The van der Waals surface area contributed by atoms with Crippen molar-refractivity contribution in [1.29, 1.82) is 0 Å². The second kappa shape index (κ2) is 7.55. The van der Waals surface area contributed by atoms with E-state index >= 15 is 0 Å². The normalized spacial score (nSPS) is 15.9. The molecule has 1 fully saturated rings. The molecular formula is C26H22N4O3. The van der Waals surface area contributed by atoms with E-state index in [1.165, 1.54) is 12.7 Å². The van der Waals surface area contributed by atoms with Crippen LogP contribution in [0, 0.1) is 5.41 Å². The van der Waals surface area contributed by atoms with Gasteiger partial charge in [-0.1, -0.05) is 30.3 Å². The topological polar surface area (TPSA) is 101 Å². The molecule has 0 saturated heterocycles. The molecule has 0 aliphatic heterocycles. The molecule has 1 saturated carbocycles. The van der Waals surface area contributed by atoms with Crippen molar-refractivity contribution in [2.75, 3.05) is 5.32 Å². The number of rotatable bonds is 5. The van der Waals surface area contributed by atoms with Gasteiger partial charge in [0.05, 0.1) is 5.69 Å². The zero-order valence-electron chi connectivity index (χ0n) is 17.9. The van der Waals surface area contributed by atoms with Gasteiger partial charge in [0.25, 0.3) is 5.91 Å². The Balaban J connectivity index is 1.40. The molecule has 4 aromatic rings. The van der Waals surface area contributed by atoms with Crippen molar-refractivity contribution in [1.82, 2.24) is 15.0 Å². The highest BCUT2D eigenvalue weighted by molar-refractivity contribution is 6.03. The van der Waals surface area contributed by atoms with Crippen molar-refractivity contribution >= 4 is 17.5 Å². The molecule has 2 aliphatic rings. The van der Waals surface area contributed by atoms with Gasteiger partial charge in [0, 0.05) is 35.9 Å². The predicted octanol–water partition coefficient (Wildman–Crippen LogP) is 4.82. The molecule has 1 aromatic carbocycles. The molecule has 164 valence electrons. The number of pyridine rings is 1. The molecule has 33 heavy (non-hydrogen) atoms. The maximum Gasteiger partial charge on any atom is 0.278 e. The third-order valence-electron chi connectivity index (χ3n) is 6.68. The van der Waals surface area contributed by atoms with Crippen LogP contribution in [0.1, 0.15) is 56.9 Å². The van der Waals surface area contributed by atoms with E-state index in [4.69, 9.17) is 4.42 Å². The van der Waals surface area contributed by atoms with Gasteiger partial charge in [0.15, 0.2) is 17.9 Å². The number of H-pyrrole nitrogens is 1. The fourth-order valence-corrected chi connectivity index (χ4v) is 4.84. The van der Waals surface area contributed by atoms with Gasteiger partial charge in [0.2, 0.25) is 0 Å². The minimum atomic E-state index is -0.394. The lowest BCUT2D eigenvalue weighted by molar-refractivity contribution is 0.0939. The van der Waals surface area contributed by atoms with E-state index in [-0.39, 0.29) is 16.9 Å². The number of benzene rings is 1. The van der Waals surface area contributed by atoms with Gasteiger partial charge in [-0.3, -0.25) is 9.59 Å². The summed E-state index contributed by atoms with van der Waals surface area (Å²) < 4.78 is 4.89. The predicted molar refractivity (Wildman–Crippen MR) is 122 cm³/mol. The van der Waals surface area contributed by atoms with Crippen molar-refractivity contribution in [2.45, 2.75) is 32.1 Å². The van der Waals surface area contributed by atoms with Crippen LogP contribution in [0.4, 0.5) is 5.82 Å². The van der Waals surface area contributed by atoms with Crippen molar-refractivity contribution in [3.05, 3.63) is 89.4 Å². The van der Waals surface area contributed by atoms with E-state index in [1.807, 2.05) is 30.3 Å². The van der Waals surface area contributed by atoms with Gasteiger partial charge < -0.3 is 14.7 Å². The van der Waals surface area contributed by atoms with Crippen LogP contribution in [0.15, 0.2) is 65.7 Å². The standard InChI is InChI=1S/C26H22N4O3/c31-21-13-26(7-8-26)12-19-23(21)18(10-16-4-2-1-3-5-16)24(29-19)17-6-9-27-22(11-17)30-25(32)20-14-33-15-28-20/h1-6,9,11,14-15,29H,7-8,10,12-13H2,(H,27,30,32). The van der Waals surface area contributed by atoms with Crippen LogP contribution in [-0.4, -0.2) is 26.6 Å². The van der Waals surface area contributed by atoms with E-state index < -0.39 is 5.91 Å². The van der Waals surface area contributed by atoms with E-state index in [0.29, 0.717) is 18.7 Å². The van der Waals surface area contributed by atoms with Crippen LogP contribution >= 0.6 is 0 Å². The number of ketones is 1. The Bertz CT molecular complexity index is 1350. The van der Waals surface area contributed by atoms with Crippen molar-refractivity contribution in [3.63, 3.8) is 0 Å². The maximum atomic E-state index is 13.2. The maximum absolute atomic E-state index is 13.2. The average Bonchev–Trinajstić information content (AvgIpc) is 3.21. The van der Waals surface area contributed by atoms with Gasteiger partial charge in [-0.05, 0) is 47.9 Å². The third-order valence-corrected chi connectivity index (χ3v) is 6.68. The lowest BCUT2D eigenvalue weighted by Crippen LogP contribution is -2.21. The van der Waals surface area contributed by atoms with E-state index in [0.717, 1.165) is 52.9 Å². The fourth-order valence-electron chi connectivity index (χ4n) is 4.84. The van der Waals surface area contributed by atoms with Crippen molar-refractivity contribution in [2.24, 2.45) is 5.41 Å². The number of carbonyl (C=O) groups excluding carboxylic acids is 2. The van der Waals surface area contributed by atoms with Gasteiger partial charge in [0.1, 0.15) is 12.1 Å². The first-order valence-electron chi connectivity index (χ1n) is 11.1. The van der Waals surface area contributed by atoms with E-state index in [2.05, 4.69) is 32.4 Å². The highest BCUT2D eigenvalue weighted by Gasteiger charge is 2.49. The summed E-state index contributed by atoms with van der Waals surface area (Å²) in [5, 5.41) is 2.76. The highest BCUT2D eigenvalue weighted by atomic mass is 16.3. The molecule has 0 bridgehead atoms. The molecule has 3 aromatic heterocycles. The number of fused-ring (bicyclic) bond motifs is 1. The molecule has 2 N–H and O–H groups in total. The zero-order chi connectivity index (χ0) is 22.4. The molecular weight excluding hydrogens is 416 g/mol. The van der Waals surface area contributed by atoms with Crippen LogP contribution in [-0.2, 0) is 12.8 Å². The minimum absolute atomic E-state index is 0.158. The number of hydrogen-bond acceptors (Lipinski definition) is 5. The Morgan fingerprint density at radius 2 is 1.97 bits per heavy atom. The van der Waals surface area contributed by atoms with Crippen molar-refractivity contribution in [3.8, 4) is 11.3 Å². The summed E-state index contributed by atoms with van der Waals surface area (Å²) in [5.74, 6) is 0.245. The second-order valence-corrected chi connectivity index (χ2v) is 9.03. The van der Waals surface area contributed by atoms with Crippen LogP contribution in [0.2, 0.25) is 0 Å². The number of Topliss-reactive ketones (excluding diaryl/α,β-unsaturated/α-hetero) is 1. The van der Waals surface area contributed by atoms with E-state index in [1.54, 1.807) is 6.20 Å². The van der Waals surface area contributed by atoms with Gasteiger partial charge in [-0.15, -0.1) is 0 Å². The number of carbonyl (C=O) groups is 2. The molecule has 3 heterocycles. The Hall–Kier alpha value is -4.00. The first-order valence-corrected chi connectivity index (χ1v) is 11.1. The zero-order valence-corrected chi connectivity index (χ0v) is 17.9. The Kier molecular flexibility index (Phi) is 4.50. The van der Waals surface area contributed by atoms with Crippen LogP contribution in [0.25, 0.3) is 11.3 Å². The smallest absolute Gasteiger partial charge is 0.278 e. The molecule has 0 unspecified atom stereocenters. The number of anilines is 1. The van der Waals surface area contributed by atoms with E-state index in [9.17, 15) is 9.59 Å². The number of nitrogens with zero attached hydrogens (tertiary/aromatic N) is 2. The first-order chi connectivity index (χ1) is 16.1. The number of aromatic amines is 1. The quantitative estimate of drug-likeness (QED) is 0.465. The molecule has 7 heteroatoms. The number of hydrogen-bond donors (Lipinski definition) is 2. The Morgan fingerprint density at radius 3 is 2.73 bits per heavy atom. The van der Waals surface area contributed by atoms with Crippen LogP contribution < -0.4 is 5.32 Å².